The molecule has 0 fully saturated rings. The molecule has 0 heterocycles. The molecular weight excluding hydrogens is 146 g/mol. The van der Waals surface area contributed by atoms with Gasteiger partial charge in [-0.15, -0.1) is 0 Å². The van der Waals surface area contributed by atoms with Gasteiger partial charge in [-0.1, -0.05) is 0 Å². The summed E-state index contributed by atoms with van der Waals surface area (Å²) in [6.07, 6.45) is 1.24. The number of ketones is 1. The quantitative estimate of drug-likeness (QED) is 0.604. The molecule has 0 aliphatic carbocycles. The van der Waals surface area contributed by atoms with Crippen LogP contribution in [0.4, 0.5) is 4.79 Å². The van der Waals surface area contributed by atoms with Crippen molar-refractivity contribution in [1.29, 1.82) is 0 Å². The lowest BCUT2D eigenvalue weighted by Crippen LogP contribution is -2.13. The number of carbonyl (C=O) groups excluding carboxylic acids is 2. The van der Waals surface area contributed by atoms with Gasteiger partial charge in [-0.05, 0) is 19.8 Å². The molecule has 4 heteroatoms. The van der Waals surface area contributed by atoms with E-state index in [9.17, 15) is 9.59 Å². The molecule has 0 unspecified atom stereocenters. The first kappa shape index (κ1) is 9.94. The zero-order valence-electron chi connectivity index (χ0n) is 6.63. The summed E-state index contributed by atoms with van der Waals surface area (Å²) in [5.74, 6) is 0.157. The Morgan fingerprint density at radius 1 is 1.36 bits per heavy atom. The molecule has 0 atom stereocenters. The van der Waals surface area contributed by atoms with Gasteiger partial charge in [-0.25, -0.2) is 4.79 Å². The molecule has 0 bridgehead atoms. The Morgan fingerprint density at radius 3 is 2.45 bits per heavy atom. The summed E-state index contributed by atoms with van der Waals surface area (Å²) >= 11 is 0. The minimum absolute atomic E-state index is 0.157. The van der Waals surface area contributed by atoms with Crippen molar-refractivity contribution in [1.82, 2.24) is 0 Å². The van der Waals surface area contributed by atoms with Crippen molar-refractivity contribution in [2.45, 2.75) is 26.2 Å². The van der Waals surface area contributed by atoms with Crippen molar-refractivity contribution in [2.75, 3.05) is 6.61 Å². The molecular formula is C7H13NO3. The van der Waals surface area contributed by atoms with E-state index in [4.69, 9.17) is 5.73 Å². The molecule has 0 saturated carbocycles. The van der Waals surface area contributed by atoms with E-state index in [-0.39, 0.29) is 5.78 Å². The maximum absolute atomic E-state index is 10.4. The summed E-state index contributed by atoms with van der Waals surface area (Å²) in [6, 6.07) is 0. The highest BCUT2D eigenvalue weighted by Gasteiger charge is 1.95. The number of unbranched alkanes of at least 4 members (excludes halogenated alkanes) is 1. The Balaban J connectivity index is 3.03. The summed E-state index contributed by atoms with van der Waals surface area (Å²) in [5, 5.41) is 0. The number of ether oxygens (including phenoxy) is 1. The molecule has 0 saturated heterocycles. The number of nitrogens with two attached hydrogens (primary N) is 1. The third-order valence-electron chi connectivity index (χ3n) is 1.17. The second kappa shape index (κ2) is 5.70. The molecule has 64 valence electrons. The van der Waals surface area contributed by atoms with Crippen LogP contribution in [-0.4, -0.2) is 18.5 Å². The minimum atomic E-state index is -0.757. The van der Waals surface area contributed by atoms with Gasteiger partial charge < -0.3 is 15.3 Å². The molecule has 0 spiro atoms. The van der Waals surface area contributed by atoms with Gasteiger partial charge in [0.05, 0.1) is 6.61 Å². The van der Waals surface area contributed by atoms with Gasteiger partial charge in [0.15, 0.2) is 0 Å². The zero-order valence-corrected chi connectivity index (χ0v) is 6.63. The lowest BCUT2D eigenvalue weighted by Gasteiger charge is -1.98. The molecule has 0 aliphatic rings. The molecule has 0 aliphatic heterocycles. The Bertz CT molecular complexity index is 129. The van der Waals surface area contributed by atoms with Gasteiger partial charge in [-0.2, -0.15) is 0 Å². The highest BCUT2D eigenvalue weighted by molar-refractivity contribution is 5.75. The summed E-state index contributed by atoms with van der Waals surface area (Å²) in [5.41, 5.74) is 4.71. The number of hydrogen-bond acceptors (Lipinski definition) is 3. The van der Waals surface area contributed by atoms with E-state index in [1.54, 1.807) is 0 Å². The number of primary amides is 1. The Morgan fingerprint density at radius 2 is 2.00 bits per heavy atom. The lowest BCUT2D eigenvalue weighted by atomic mass is 10.2. The van der Waals surface area contributed by atoms with E-state index in [0.717, 1.165) is 6.42 Å². The molecule has 0 rings (SSSR count). The van der Waals surface area contributed by atoms with Crippen molar-refractivity contribution in [3.05, 3.63) is 0 Å². The summed E-state index contributed by atoms with van der Waals surface area (Å²) in [7, 11) is 0. The van der Waals surface area contributed by atoms with Gasteiger partial charge >= 0.3 is 6.09 Å². The van der Waals surface area contributed by atoms with Crippen molar-refractivity contribution in [3.63, 3.8) is 0 Å². The average Bonchev–Trinajstić information content (AvgIpc) is 1.85. The molecule has 2 N–H and O–H groups in total. The van der Waals surface area contributed by atoms with Gasteiger partial charge in [-0.3, -0.25) is 0 Å². The first-order chi connectivity index (χ1) is 5.13. The van der Waals surface area contributed by atoms with Crippen LogP contribution in [0.5, 0.6) is 0 Å². The van der Waals surface area contributed by atoms with E-state index in [0.29, 0.717) is 19.4 Å². The third-order valence-corrected chi connectivity index (χ3v) is 1.17. The molecule has 0 aromatic heterocycles. The number of hydrogen-bond donors (Lipinski definition) is 1. The highest BCUT2D eigenvalue weighted by Crippen LogP contribution is 1.96. The SMILES string of the molecule is CC(=O)CCCCOC(N)=O. The number of rotatable bonds is 5. The Labute approximate surface area is 65.7 Å². The van der Waals surface area contributed by atoms with Gasteiger partial charge in [0, 0.05) is 6.42 Å². The molecule has 0 radical (unpaired) electrons. The predicted molar refractivity (Wildman–Crippen MR) is 40.1 cm³/mol. The van der Waals surface area contributed by atoms with E-state index in [1.807, 2.05) is 0 Å². The number of Topliss-reactive ketones (excluding diaryl/α,β-unsaturated/α-hetero) is 1. The van der Waals surface area contributed by atoms with Crippen LogP contribution in [0.1, 0.15) is 26.2 Å². The first-order valence-electron chi connectivity index (χ1n) is 3.54. The fraction of sp³-hybridized carbons (Fsp3) is 0.714. The second-order valence-corrected chi connectivity index (χ2v) is 2.33. The molecule has 0 aromatic rings. The largest absolute Gasteiger partial charge is 0.450 e. The summed E-state index contributed by atoms with van der Waals surface area (Å²) in [6.45, 7) is 1.84. The normalized spacial score (nSPS) is 9.18. The van der Waals surface area contributed by atoms with Crippen LogP contribution in [0, 0.1) is 0 Å². The van der Waals surface area contributed by atoms with E-state index < -0.39 is 6.09 Å². The standard InChI is InChI=1S/C7H13NO3/c1-6(9)4-2-3-5-11-7(8)10/h2-5H2,1H3,(H2,8,10). The number of amides is 1. The van der Waals surface area contributed by atoms with Gasteiger partial charge in [0.25, 0.3) is 0 Å². The smallest absolute Gasteiger partial charge is 0.404 e. The maximum Gasteiger partial charge on any atom is 0.404 e. The fourth-order valence-corrected chi connectivity index (χ4v) is 0.649. The van der Waals surface area contributed by atoms with Crippen LogP contribution >= 0.6 is 0 Å². The van der Waals surface area contributed by atoms with Crippen molar-refractivity contribution in [3.8, 4) is 0 Å². The maximum atomic E-state index is 10.4. The Hall–Kier alpha value is -1.06. The first-order valence-corrected chi connectivity index (χ1v) is 3.54. The minimum Gasteiger partial charge on any atom is -0.450 e. The Kier molecular flexibility index (Phi) is 5.15. The van der Waals surface area contributed by atoms with Crippen LogP contribution in [0.15, 0.2) is 0 Å². The fourth-order valence-electron chi connectivity index (χ4n) is 0.649. The molecule has 0 aromatic carbocycles. The lowest BCUT2D eigenvalue weighted by molar-refractivity contribution is -0.117. The van der Waals surface area contributed by atoms with E-state index in [2.05, 4.69) is 4.74 Å². The summed E-state index contributed by atoms with van der Waals surface area (Å²) in [4.78, 5) is 20.4. The summed E-state index contributed by atoms with van der Waals surface area (Å²) < 4.78 is 4.45. The van der Waals surface area contributed by atoms with Crippen LogP contribution < -0.4 is 5.73 Å². The highest BCUT2D eigenvalue weighted by atomic mass is 16.5. The van der Waals surface area contributed by atoms with Crippen LogP contribution in [-0.2, 0) is 9.53 Å². The third kappa shape index (κ3) is 8.94. The van der Waals surface area contributed by atoms with E-state index in [1.165, 1.54) is 6.92 Å². The van der Waals surface area contributed by atoms with Gasteiger partial charge in [0.2, 0.25) is 0 Å². The van der Waals surface area contributed by atoms with E-state index >= 15 is 0 Å². The van der Waals surface area contributed by atoms with Crippen molar-refractivity contribution >= 4 is 11.9 Å². The number of carbonyl (C=O) groups is 2. The van der Waals surface area contributed by atoms with Crippen molar-refractivity contribution < 1.29 is 14.3 Å². The van der Waals surface area contributed by atoms with Crippen molar-refractivity contribution in [2.24, 2.45) is 5.73 Å². The van der Waals surface area contributed by atoms with Gasteiger partial charge in [0.1, 0.15) is 5.78 Å². The topological polar surface area (TPSA) is 69.4 Å². The zero-order chi connectivity index (χ0) is 8.69. The molecule has 4 nitrogen and oxygen atoms in total. The predicted octanol–water partition coefficient (Wildman–Crippen LogP) is 0.841. The van der Waals surface area contributed by atoms with Crippen LogP contribution in [0.2, 0.25) is 0 Å². The van der Waals surface area contributed by atoms with Crippen LogP contribution in [0.25, 0.3) is 0 Å². The monoisotopic (exact) mass is 159 g/mol. The molecule has 11 heavy (non-hydrogen) atoms. The van der Waals surface area contributed by atoms with Crippen LogP contribution in [0.3, 0.4) is 0 Å². The average molecular weight is 159 g/mol. The molecule has 1 amide bonds. The second-order valence-electron chi connectivity index (χ2n) is 2.33.